The van der Waals surface area contributed by atoms with Gasteiger partial charge in [-0.25, -0.2) is 4.79 Å². The summed E-state index contributed by atoms with van der Waals surface area (Å²) in [5, 5.41) is 11.9. The fourth-order valence-electron chi connectivity index (χ4n) is 1.30. The van der Waals surface area contributed by atoms with E-state index in [1.54, 1.807) is 12.1 Å². The molecule has 0 radical (unpaired) electrons. The lowest BCUT2D eigenvalue weighted by Gasteiger charge is -2.17. The van der Waals surface area contributed by atoms with Crippen molar-refractivity contribution in [3.05, 3.63) is 43.0 Å². The van der Waals surface area contributed by atoms with Crippen molar-refractivity contribution in [3.63, 3.8) is 0 Å². The van der Waals surface area contributed by atoms with E-state index in [0.717, 1.165) is 0 Å². The van der Waals surface area contributed by atoms with Crippen LogP contribution in [0.1, 0.15) is 0 Å². The number of nitrogens with one attached hydrogen (secondary N) is 1. The van der Waals surface area contributed by atoms with Crippen LogP contribution in [-0.2, 0) is 16.0 Å². The molecule has 0 spiro atoms. The molecule has 0 aromatic heterocycles. The fraction of sp³-hybridized carbons (Fsp3) is 0.250. The summed E-state index contributed by atoms with van der Waals surface area (Å²) in [5.41, 5.74) is 0.704. The molecule has 2 N–H and O–H groups in total. The van der Waals surface area contributed by atoms with Crippen molar-refractivity contribution < 1.29 is 14.5 Å². The predicted molar refractivity (Wildman–Crippen MR) is 69.6 cm³/mol. The van der Waals surface area contributed by atoms with E-state index in [1.807, 2.05) is 18.2 Å². The molecule has 1 unspecified atom stereocenters. The Hall–Kier alpha value is -1.46. The second-order valence-corrected chi connectivity index (χ2v) is 5.01. The van der Waals surface area contributed by atoms with Gasteiger partial charge in [0.25, 0.3) is 0 Å². The van der Waals surface area contributed by atoms with E-state index in [1.165, 1.54) is 6.08 Å². The zero-order valence-corrected chi connectivity index (χ0v) is 10.2. The van der Waals surface area contributed by atoms with Gasteiger partial charge in [0.05, 0.1) is 0 Å². The molecule has 0 heterocycles. The number of hydrogen-bond acceptors (Lipinski definition) is 3. The van der Waals surface area contributed by atoms with Crippen molar-refractivity contribution >= 4 is 22.8 Å². The van der Waals surface area contributed by atoms with Crippen LogP contribution in [0.4, 0.5) is 5.69 Å². The van der Waals surface area contributed by atoms with Crippen molar-refractivity contribution in [1.82, 2.24) is 0 Å². The van der Waals surface area contributed by atoms with Crippen LogP contribution in [0.2, 0.25) is 0 Å². The SMILES string of the molecule is C=CC[S+]([O-])C[C@H](Nc1ccccc1)C(=O)O. The quantitative estimate of drug-likeness (QED) is 0.570. The number of carboxylic acids is 1. The zero-order valence-electron chi connectivity index (χ0n) is 9.33. The summed E-state index contributed by atoms with van der Waals surface area (Å²) in [6.07, 6.45) is 1.53. The summed E-state index contributed by atoms with van der Waals surface area (Å²) in [7, 11) is 0. The molecule has 1 aromatic carbocycles. The number of carboxylic acid groups (broad SMARTS) is 1. The molecule has 0 saturated carbocycles. The van der Waals surface area contributed by atoms with Crippen molar-refractivity contribution in [2.24, 2.45) is 0 Å². The number of aliphatic carboxylic acids is 1. The molecule has 0 aliphatic carbocycles. The van der Waals surface area contributed by atoms with E-state index in [0.29, 0.717) is 11.4 Å². The van der Waals surface area contributed by atoms with Crippen LogP contribution in [-0.4, -0.2) is 33.2 Å². The minimum Gasteiger partial charge on any atom is -0.616 e. The largest absolute Gasteiger partial charge is 0.616 e. The Kier molecular flexibility index (Phi) is 5.59. The van der Waals surface area contributed by atoms with Gasteiger partial charge >= 0.3 is 5.97 Å². The molecular weight excluding hydrogens is 238 g/mol. The molecular formula is C12H15NO3S. The highest BCUT2D eigenvalue weighted by molar-refractivity contribution is 7.91. The van der Waals surface area contributed by atoms with E-state index in [-0.39, 0.29) is 5.75 Å². The van der Waals surface area contributed by atoms with Gasteiger partial charge < -0.3 is 15.0 Å². The molecule has 1 aromatic rings. The molecule has 5 heteroatoms. The summed E-state index contributed by atoms with van der Waals surface area (Å²) >= 11 is -1.21. The molecule has 4 nitrogen and oxygen atoms in total. The first-order chi connectivity index (χ1) is 8.13. The van der Waals surface area contributed by atoms with Gasteiger partial charge in [0.2, 0.25) is 0 Å². The molecule has 2 atom stereocenters. The van der Waals surface area contributed by atoms with E-state index >= 15 is 0 Å². The Morgan fingerprint density at radius 3 is 2.71 bits per heavy atom. The third kappa shape index (κ3) is 4.93. The highest BCUT2D eigenvalue weighted by Crippen LogP contribution is 2.09. The Bertz CT molecular complexity index is 369. The van der Waals surface area contributed by atoms with Gasteiger partial charge in [0.15, 0.2) is 6.04 Å². The zero-order chi connectivity index (χ0) is 12.7. The lowest BCUT2D eigenvalue weighted by molar-refractivity contribution is -0.137. The normalized spacial score (nSPS) is 13.7. The van der Waals surface area contributed by atoms with Crippen LogP contribution in [0.15, 0.2) is 43.0 Å². The average Bonchev–Trinajstić information content (AvgIpc) is 2.29. The topological polar surface area (TPSA) is 72.4 Å². The third-order valence-corrected chi connectivity index (χ3v) is 3.38. The molecule has 0 aliphatic heterocycles. The predicted octanol–water partition coefficient (Wildman–Crippen LogP) is 1.49. The lowest BCUT2D eigenvalue weighted by atomic mass is 10.2. The van der Waals surface area contributed by atoms with Crippen molar-refractivity contribution in [2.45, 2.75) is 6.04 Å². The van der Waals surface area contributed by atoms with Crippen LogP contribution in [0.3, 0.4) is 0 Å². The minimum absolute atomic E-state index is 0.0657. The maximum atomic E-state index is 11.5. The number of hydrogen-bond donors (Lipinski definition) is 2. The number of benzene rings is 1. The van der Waals surface area contributed by atoms with E-state index < -0.39 is 23.2 Å². The molecule has 0 aliphatic rings. The van der Waals surface area contributed by atoms with E-state index in [9.17, 15) is 9.35 Å². The van der Waals surface area contributed by atoms with Crippen LogP contribution >= 0.6 is 0 Å². The first-order valence-corrected chi connectivity index (χ1v) is 6.62. The van der Waals surface area contributed by atoms with Gasteiger partial charge in [0.1, 0.15) is 11.5 Å². The Morgan fingerprint density at radius 1 is 1.53 bits per heavy atom. The standard InChI is InChI=1S/C12H15NO3S/c1-2-8-17(16)9-11(12(14)15)13-10-6-4-3-5-7-10/h2-7,11,13H,1,8-9H2,(H,14,15)/t11-,17?/m0/s1. The van der Waals surface area contributed by atoms with Crippen molar-refractivity contribution in [1.29, 1.82) is 0 Å². The summed E-state index contributed by atoms with van der Waals surface area (Å²) in [6, 6.07) is 8.15. The maximum Gasteiger partial charge on any atom is 0.331 e. The molecule has 17 heavy (non-hydrogen) atoms. The van der Waals surface area contributed by atoms with Crippen molar-refractivity contribution in [3.8, 4) is 0 Å². The summed E-state index contributed by atoms with van der Waals surface area (Å²) < 4.78 is 11.5. The molecule has 0 fully saturated rings. The van der Waals surface area contributed by atoms with Crippen LogP contribution in [0.5, 0.6) is 0 Å². The second-order valence-electron chi connectivity index (χ2n) is 3.46. The smallest absolute Gasteiger partial charge is 0.331 e. The average molecular weight is 253 g/mol. The Morgan fingerprint density at radius 2 is 2.18 bits per heavy atom. The van der Waals surface area contributed by atoms with Gasteiger partial charge in [-0.15, -0.1) is 0 Å². The second kappa shape index (κ2) is 6.98. The number of rotatable bonds is 7. The van der Waals surface area contributed by atoms with E-state index in [4.69, 9.17) is 5.11 Å². The van der Waals surface area contributed by atoms with Gasteiger partial charge in [-0.3, -0.25) is 0 Å². The molecule has 0 saturated heterocycles. The number of carbonyl (C=O) groups is 1. The number of para-hydroxylation sites is 1. The number of anilines is 1. The highest BCUT2D eigenvalue weighted by Gasteiger charge is 2.23. The minimum atomic E-state index is -1.21. The maximum absolute atomic E-state index is 11.5. The molecule has 1 rings (SSSR count). The Balaban J connectivity index is 2.61. The van der Waals surface area contributed by atoms with Gasteiger partial charge in [0, 0.05) is 5.69 Å². The summed E-state index contributed by atoms with van der Waals surface area (Å²) in [4.78, 5) is 11.0. The van der Waals surface area contributed by atoms with Gasteiger partial charge in [-0.1, -0.05) is 24.8 Å². The van der Waals surface area contributed by atoms with Crippen molar-refractivity contribution in [2.75, 3.05) is 16.8 Å². The molecule has 0 bridgehead atoms. The third-order valence-electron chi connectivity index (χ3n) is 2.07. The highest BCUT2D eigenvalue weighted by atomic mass is 32.2. The van der Waals surface area contributed by atoms with Crippen LogP contribution in [0, 0.1) is 0 Å². The lowest BCUT2D eigenvalue weighted by Crippen LogP contribution is -2.36. The fourth-order valence-corrected chi connectivity index (χ4v) is 2.29. The van der Waals surface area contributed by atoms with Gasteiger partial charge in [-0.05, 0) is 29.4 Å². The van der Waals surface area contributed by atoms with Crippen LogP contribution < -0.4 is 5.32 Å². The first-order valence-electron chi connectivity index (χ1n) is 5.13. The first kappa shape index (κ1) is 13.6. The van der Waals surface area contributed by atoms with Gasteiger partial charge in [-0.2, -0.15) is 0 Å². The molecule has 92 valence electrons. The monoisotopic (exact) mass is 253 g/mol. The summed E-state index contributed by atoms with van der Waals surface area (Å²) in [6.45, 7) is 3.48. The Labute approximate surface area is 104 Å². The van der Waals surface area contributed by atoms with E-state index in [2.05, 4.69) is 11.9 Å². The summed E-state index contributed by atoms with van der Waals surface area (Å²) in [5.74, 6) is -0.637. The molecule has 0 amide bonds. The van der Waals surface area contributed by atoms with Crippen LogP contribution in [0.25, 0.3) is 0 Å².